The van der Waals surface area contributed by atoms with Gasteiger partial charge in [-0.3, -0.25) is 0 Å². The summed E-state index contributed by atoms with van der Waals surface area (Å²) in [4.78, 5) is 13.6. The standard InChI is InChI=1S/C21H21Cl2N3O4S2.C19H15Cl4N3O2S2/c1-29-15-10-14(11-16(12-15)30-2)18-13-31-21(24-18)25-6-8-26(9-7-25)32(27,28)19-5-3-4-17(22)20(19)23;20-13-5-4-12(10-15(13)22)16-11-29-19(24-16)25-6-8-26(9-7-25)30(27,28)17-3-1-2-14(21)18(17)23/h3-5,10-13H,6-9H2,1-2H3;1-5,10-11H,6-9H2. The predicted molar refractivity (Wildman–Crippen MR) is 253 cm³/mol. The van der Waals surface area contributed by atoms with Crippen LogP contribution < -0.4 is 19.3 Å². The van der Waals surface area contributed by atoms with Crippen molar-refractivity contribution in [2.45, 2.75) is 9.79 Å². The SMILES string of the molecule is COc1cc(OC)cc(-c2csc(N3CCN(S(=O)(=O)c4cccc(Cl)c4Cl)CC3)n2)c1.O=S(=O)(c1cccc(Cl)c1Cl)N1CCN(c2nc(-c3ccc(Cl)c(Cl)c3)cs2)CC1. The molecule has 328 valence electrons. The van der Waals surface area contributed by atoms with Crippen LogP contribution >= 0.6 is 92.3 Å². The number of anilines is 2. The van der Waals surface area contributed by atoms with E-state index in [0.29, 0.717) is 73.9 Å². The number of ether oxygens (including phenoxy) is 2. The van der Waals surface area contributed by atoms with Gasteiger partial charge in [0.05, 0.1) is 55.7 Å². The third kappa shape index (κ3) is 10.2. The Morgan fingerprint density at radius 2 is 0.952 bits per heavy atom. The predicted octanol–water partition coefficient (Wildman–Crippen LogP) is 10.6. The van der Waals surface area contributed by atoms with E-state index in [9.17, 15) is 16.8 Å². The largest absolute Gasteiger partial charge is 0.497 e. The van der Waals surface area contributed by atoms with Crippen LogP contribution in [-0.4, -0.2) is 102 Å². The number of hydrogen-bond acceptors (Lipinski definition) is 12. The number of piperazine rings is 2. The van der Waals surface area contributed by atoms with Crippen molar-refractivity contribution in [3.63, 3.8) is 0 Å². The summed E-state index contributed by atoms with van der Waals surface area (Å²) in [7, 11) is -4.24. The number of nitrogens with zero attached hydrogens (tertiary/aromatic N) is 6. The smallest absolute Gasteiger partial charge is 0.244 e. The zero-order valence-electron chi connectivity index (χ0n) is 32.8. The summed E-state index contributed by atoms with van der Waals surface area (Å²) >= 11 is 39.4. The van der Waals surface area contributed by atoms with E-state index in [1.54, 1.807) is 50.6 Å². The third-order valence-electron chi connectivity index (χ3n) is 9.93. The van der Waals surface area contributed by atoms with Crippen molar-refractivity contribution in [1.82, 2.24) is 18.6 Å². The van der Waals surface area contributed by atoms with E-state index in [0.717, 1.165) is 32.8 Å². The summed E-state index contributed by atoms with van der Waals surface area (Å²) in [6.45, 7) is 3.38. The van der Waals surface area contributed by atoms with Crippen LogP contribution in [0.1, 0.15) is 0 Å². The zero-order valence-corrected chi connectivity index (χ0v) is 40.6. The number of hydrogen-bond donors (Lipinski definition) is 0. The van der Waals surface area contributed by atoms with Crippen molar-refractivity contribution >= 4 is 123 Å². The summed E-state index contributed by atoms with van der Waals surface area (Å²) < 4.78 is 65.6. The maximum atomic E-state index is 13.0. The number of aromatic nitrogens is 2. The molecule has 0 radical (unpaired) electrons. The maximum Gasteiger partial charge on any atom is 0.244 e. The van der Waals surface area contributed by atoms with Crippen LogP contribution in [0.15, 0.2) is 93.3 Å². The molecule has 8 rings (SSSR count). The van der Waals surface area contributed by atoms with Crippen molar-refractivity contribution in [1.29, 1.82) is 0 Å². The van der Waals surface area contributed by atoms with E-state index >= 15 is 0 Å². The number of rotatable bonds is 10. The Kier molecular flexibility index (Phi) is 15.1. The molecule has 62 heavy (non-hydrogen) atoms. The number of sulfonamides is 2. The first-order chi connectivity index (χ1) is 29.6. The average Bonchev–Trinajstić information content (AvgIpc) is 3.98. The summed E-state index contributed by atoms with van der Waals surface area (Å²) in [6, 6.07) is 20.2. The van der Waals surface area contributed by atoms with E-state index in [-0.39, 0.29) is 29.9 Å². The van der Waals surface area contributed by atoms with Crippen molar-refractivity contribution in [3.05, 3.63) is 114 Å². The Hall–Kier alpha value is -3.10. The fraction of sp³-hybridized carbons (Fsp3) is 0.250. The fourth-order valence-electron chi connectivity index (χ4n) is 6.58. The minimum absolute atomic E-state index is 0.0290. The van der Waals surface area contributed by atoms with Crippen LogP contribution in [0.3, 0.4) is 0 Å². The molecule has 2 fully saturated rings. The van der Waals surface area contributed by atoms with Gasteiger partial charge in [0.15, 0.2) is 10.3 Å². The van der Waals surface area contributed by atoms with Crippen LogP contribution in [0.4, 0.5) is 10.3 Å². The van der Waals surface area contributed by atoms with Crippen LogP contribution in [0, 0.1) is 0 Å². The topological polar surface area (TPSA) is 125 Å². The van der Waals surface area contributed by atoms with E-state index in [1.165, 1.54) is 43.4 Å². The van der Waals surface area contributed by atoms with Crippen molar-refractivity contribution < 1.29 is 26.3 Å². The summed E-state index contributed by atoms with van der Waals surface area (Å²) in [5, 5.41) is 7.08. The van der Waals surface area contributed by atoms with E-state index in [2.05, 4.69) is 14.8 Å². The Balaban J connectivity index is 0.000000187. The van der Waals surface area contributed by atoms with Crippen molar-refractivity contribution in [3.8, 4) is 34.0 Å². The van der Waals surface area contributed by atoms with E-state index in [1.807, 2.05) is 35.0 Å². The molecule has 2 aliphatic rings. The monoisotopic (exact) mass is 1030 g/mol. The quantitative estimate of drug-likeness (QED) is 0.131. The second-order valence-corrected chi connectivity index (χ2v) is 21.5. The minimum atomic E-state index is -3.73. The second-order valence-electron chi connectivity index (χ2n) is 13.6. The molecular formula is C40H36Cl6N6O6S4. The molecule has 6 aromatic rings. The molecule has 2 saturated heterocycles. The molecule has 2 aliphatic heterocycles. The molecular weight excluding hydrogens is 1000 g/mol. The molecule has 4 heterocycles. The summed E-state index contributed by atoms with van der Waals surface area (Å²) in [6.07, 6.45) is 0. The number of benzene rings is 4. The van der Waals surface area contributed by atoms with Crippen LogP contribution in [0.25, 0.3) is 22.5 Å². The molecule has 0 bridgehead atoms. The Morgan fingerprint density at radius 1 is 0.516 bits per heavy atom. The Morgan fingerprint density at radius 3 is 1.37 bits per heavy atom. The molecule has 0 spiro atoms. The highest BCUT2D eigenvalue weighted by molar-refractivity contribution is 7.89. The van der Waals surface area contributed by atoms with Crippen LogP contribution in [0.2, 0.25) is 30.1 Å². The lowest BCUT2D eigenvalue weighted by Gasteiger charge is -2.34. The molecule has 0 aliphatic carbocycles. The molecule has 12 nitrogen and oxygen atoms in total. The molecule has 0 saturated carbocycles. The normalized spacial score (nSPS) is 15.3. The number of halogens is 6. The third-order valence-corrected chi connectivity index (χ3v) is 18.2. The Labute approximate surface area is 398 Å². The van der Waals surface area contributed by atoms with E-state index in [4.69, 9.17) is 84.1 Å². The lowest BCUT2D eigenvalue weighted by atomic mass is 10.1. The molecule has 4 aromatic carbocycles. The van der Waals surface area contributed by atoms with Gasteiger partial charge in [-0.05, 0) is 48.5 Å². The van der Waals surface area contributed by atoms with Crippen molar-refractivity contribution in [2.24, 2.45) is 0 Å². The zero-order chi connectivity index (χ0) is 44.3. The van der Waals surface area contributed by atoms with Gasteiger partial charge in [-0.1, -0.05) is 87.8 Å². The minimum Gasteiger partial charge on any atom is -0.497 e. The van der Waals surface area contributed by atoms with Crippen molar-refractivity contribution in [2.75, 3.05) is 76.4 Å². The highest BCUT2D eigenvalue weighted by Gasteiger charge is 2.33. The van der Waals surface area contributed by atoms with Gasteiger partial charge in [-0.2, -0.15) is 8.61 Å². The van der Waals surface area contributed by atoms with Gasteiger partial charge in [0.25, 0.3) is 0 Å². The van der Waals surface area contributed by atoms with Gasteiger partial charge in [0, 0.05) is 80.3 Å². The van der Waals surface area contributed by atoms with Crippen LogP contribution in [0.5, 0.6) is 11.5 Å². The van der Waals surface area contributed by atoms with Gasteiger partial charge in [0.1, 0.15) is 21.3 Å². The lowest BCUT2D eigenvalue weighted by molar-refractivity contribution is 0.384. The molecule has 0 amide bonds. The molecule has 22 heteroatoms. The first kappa shape index (κ1) is 46.9. The number of thiazole rings is 2. The maximum absolute atomic E-state index is 13.0. The van der Waals surface area contributed by atoms with Gasteiger partial charge in [-0.15, -0.1) is 22.7 Å². The first-order valence-corrected chi connectivity index (χ1v) is 25.5. The number of methoxy groups -OCH3 is 2. The summed E-state index contributed by atoms with van der Waals surface area (Å²) in [5.41, 5.74) is 3.38. The molecule has 0 atom stereocenters. The summed E-state index contributed by atoms with van der Waals surface area (Å²) in [5.74, 6) is 1.37. The Bertz CT molecular complexity index is 2770. The molecule has 0 unspecified atom stereocenters. The first-order valence-electron chi connectivity index (χ1n) is 18.6. The average molecular weight is 1040 g/mol. The molecule has 0 N–H and O–H groups in total. The van der Waals surface area contributed by atoms with E-state index < -0.39 is 20.0 Å². The highest BCUT2D eigenvalue weighted by atomic mass is 35.5. The highest BCUT2D eigenvalue weighted by Crippen LogP contribution is 2.37. The van der Waals surface area contributed by atoms with Gasteiger partial charge in [0.2, 0.25) is 20.0 Å². The van der Waals surface area contributed by atoms with Gasteiger partial charge in [-0.25, -0.2) is 26.8 Å². The van der Waals surface area contributed by atoms with Gasteiger partial charge < -0.3 is 19.3 Å². The molecule has 2 aromatic heterocycles. The van der Waals surface area contributed by atoms with Gasteiger partial charge >= 0.3 is 0 Å². The second kappa shape index (κ2) is 20.0. The lowest BCUT2D eigenvalue weighted by Crippen LogP contribution is -2.48. The van der Waals surface area contributed by atoms with Crippen LogP contribution in [-0.2, 0) is 20.0 Å². The fourth-order valence-corrected chi connectivity index (χ4v) is 13.0.